The average Bonchev–Trinajstić information content (AvgIpc) is 2.74. The van der Waals surface area contributed by atoms with E-state index in [0.29, 0.717) is 12.5 Å². The zero-order valence-corrected chi connectivity index (χ0v) is 18.7. The van der Waals surface area contributed by atoms with E-state index >= 15 is 0 Å². The van der Waals surface area contributed by atoms with E-state index in [-0.39, 0.29) is 5.97 Å². The molecule has 1 atom stereocenters. The number of rotatable bonds is 7. The number of carbonyl (C=O) groups excluding carboxylic acids is 1. The lowest BCUT2D eigenvalue weighted by Crippen LogP contribution is -2.49. The standard InChI is InChI=1S/C24H31N3O2S/c1-19(17-26-13-11-25(12-14-26)15-16-29-20(2)28)18-27-21-7-3-5-9-23(21)30-24-10-6-4-8-22(24)27/h3-10,19H,11-18H2,1-2H3. The summed E-state index contributed by atoms with van der Waals surface area (Å²) in [6.45, 7) is 11.5. The van der Waals surface area contributed by atoms with Crippen LogP contribution in [0.4, 0.5) is 11.4 Å². The van der Waals surface area contributed by atoms with Gasteiger partial charge in [-0.3, -0.25) is 9.69 Å². The number of nitrogens with zero attached hydrogens (tertiary/aromatic N) is 3. The molecule has 0 bridgehead atoms. The smallest absolute Gasteiger partial charge is 0.302 e. The summed E-state index contributed by atoms with van der Waals surface area (Å²) in [4.78, 5) is 21.1. The van der Waals surface area contributed by atoms with E-state index in [9.17, 15) is 4.79 Å². The minimum absolute atomic E-state index is 0.193. The van der Waals surface area contributed by atoms with Gasteiger partial charge in [0, 0.05) is 62.5 Å². The molecule has 1 unspecified atom stereocenters. The minimum Gasteiger partial charge on any atom is -0.465 e. The third-order valence-corrected chi connectivity index (χ3v) is 6.90. The second-order valence-corrected chi connectivity index (χ2v) is 9.32. The van der Waals surface area contributed by atoms with Gasteiger partial charge in [0.15, 0.2) is 0 Å². The molecule has 1 fully saturated rings. The fourth-order valence-electron chi connectivity index (χ4n) is 4.30. The van der Waals surface area contributed by atoms with Crippen LogP contribution in [0.3, 0.4) is 0 Å². The topological polar surface area (TPSA) is 36.0 Å². The zero-order valence-electron chi connectivity index (χ0n) is 17.9. The molecule has 4 rings (SSSR count). The molecule has 2 aliphatic heterocycles. The highest BCUT2D eigenvalue weighted by Crippen LogP contribution is 2.47. The first-order valence-corrected chi connectivity index (χ1v) is 11.6. The van der Waals surface area contributed by atoms with Gasteiger partial charge in [0.25, 0.3) is 0 Å². The van der Waals surface area contributed by atoms with Crippen LogP contribution in [0.25, 0.3) is 0 Å². The summed E-state index contributed by atoms with van der Waals surface area (Å²) in [5.41, 5.74) is 2.65. The lowest BCUT2D eigenvalue weighted by molar-refractivity contribution is -0.141. The van der Waals surface area contributed by atoms with Crippen LogP contribution in [0.5, 0.6) is 0 Å². The largest absolute Gasteiger partial charge is 0.465 e. The maximum Gasteiger partial charge on any atom is 0.302 e. The first kappa shape index (κ1) is 21.2. The molecule has 0 aromatic heterocycles. The van der Waals surface area contributed by atoms with Gasteiger partial charge in [0.1, 0.15) is 6.61 Å². The summed E-state index contributed by atoms with van der Waals surface area (Å²) < 4.78 is 5.08. The molecule has 0 amide bonds. The molecule has 0 aliphatic carbocycles. The molecule has 1 saturated heterocycles. The second-order valence-electron chi connectivity index (χ2n) is 8.24. The zero-order chi connectivity index (χ0) is 20.9. The molecular formula is C24H31N3O2S. The Morgan fingerprint density at radius 3 is 2.10 bits per heavy atom. The van der Waals surface area contributed by atoms with E-state index in [1.54, 1.807) is 0 Å². The maximum atomic E-state index is 10.9. The monoisotopic (exact) mass is 425 g/mol. The number of para-hydroxylation sites is 2. The number of esters is 1. The first-order valence-electron chi connectivity index (χ1n) is 10.8. The number of fused-ring (bicyclic) bond motifs is 2. The molecule has 0 radical (unpaired) electrons. The van der Waals surface area contributed by atoms with Crippen molar-refractivity contribution in [1.82, 2.24) is 9.80 Å². The Hall–Kier alpha value is -2.02. The van der Waals surface area contributed by atoms with E-state index in [1.165, 1.54) is 28.1 Å². The summed E-state index contributed by atoms with van der Waals surface area (Å²) in [5.74, 6) is 0.364. The Kier molecular flexibility index (Phi) is 6.97. The number of ether oxygens (including phenoxy) is 1. The van der Waals surface area contributed by atoms with Crippen LogP contribution in [-0.2, 0) is 9.53 Å². The fraction of sp³-hybridized carbons (Fsp3) is 0.458. The number of carbonyl (C=O) groups is 1. The van der Waals surface area contributed by atoms with Crippen molar-refractivity contribution in [2.24, 2.45) is 5.92 Å². The summed E-state index contributed by atoms with van der Waals surface area (Å²) in [6.07, 6.45) is 0. The first-order chi connectivity index (χ1) is 14.6. The lowest BCUT2D eigenvalue weighted by Gasteiger charge is -2.38. The molecule has 2 aliphatic rings. The normalized spacial score (nSPS) is 17.9. The average molecular weight is 426 g/mol. The van der Waals surface area contributed by atoms with E-state index in [4.69, 9.17) is 4.74 Å². The third kappa shape index (κ3) is 5.17. The lowest BCUT2D eigenvalue weighted by atomic mass is 10.1. The Morgan fingerprint density at radius 2 is 1.50 bits per heavy atom. The van der Waals surface area contributed by atoms with Crippen LogP contribution in [0.15, 0.2) is 58.3 Å². The van der Waals surface area contributed by atoms with E-state index < -0.39 is 0 Å². The highest BCUT2D eigenvalue weighted by molar-refractivity contribution is 7.99. The van der Waals surface area contributed by atoms with Gasteiger partial charge in [0.2, 0.25) is 0 Å². The SMILES string of the molecule is CC(=O)OCCN1CCN(CC(C)CN2c3ccccc3Sc3ccccc32)CC1. The van der Waals surface area contributed by atoms with E-state index in [0.717, 1.165) is 45.8 Å². The van der Waals surface area contributed by atoms with E-state index in [2.05, 4.69) is 70.2 Å². The van der Waals surface area contributed by atoms with Gasteiger partial charge in [-0.2, -0.15) is 0 Å². The highest BCUT2D eigenvalue weighted by atomic mass is 32.2. The van der Waals surface area contributed by atoms with Gasteiger partial charge in [-0.05, 0) is 30.2 Å². The molecule has 160 valence electrons. The van der Waals surface area contributed by atoms with Crippen molar-refractivity contribution in [1.29, 1.82) is 0 Å². The Bertz CT molecular complexity index is 822. The Balaban J connectivity index is 1.33. The number of benzene rings is 2. The molecule has 0 spiro atoms. The predicted octanol–water partition coefficient (Wildman–Crippen LogP) is 4.11. The van der Waals surface area contributed by atoms with Gasteiger partial charge in [-0.25, -0.2) is 0 Å². The van der Waals surface area contributed by atoms with Gasteiger partial charge in [0.05, 0.1) is 11.4 Å². The van der Waals surface area contributed by atoms with Crippen LogP contribution in [-0.4, -0.2) is 68.2 Å². The molecule has 30 heavy (non-hydrogen) atoms. The summed E-state index contributed by atoms with van der Waals surface area (Å²) in [7, 11) is 0. The van der Waals surface area contributed by atoms with Crippen LogP contribution in [0.2, 0.25) is 0 Å². The molecule has 2 heterocycles. The van der Waals surface area contributed by atoms with Gasteiger partial charge in [-0.1, -0.05) is 43.0 Å². The summed E-state index contributed by atoms with van der Waals surface area (Å²) in [6, 6.07) is 17.5. The summed E-state index contributed by atoms with van der Waals surface area (Å²) >= 11 is 1.87. The van der Waals surface area contributed by atoms with Gasteiger partial charge >= 0.3 is 5.97 Å². The van der Waals surface area contributed by atoms with Crippen molar-refractivity contribution in [2.75, 3.05) is 57.3 Å². The van der Waals surface area contributed by atoms with Gasteiger partial charge in [-0.15, -0.1) is 0 Å². The van der Waals surface area contributed by atoms with Crippen molar-refractivity contribution >= 4 is 29.1 Å². The number of piperazine rings is 1. The van der Waals surface area contributed by atoms with E-state index in [1.807, 2.05) is 11.8 Å². The molecule has 0 saturated carbocycles. The molecule has 2 aromatic carbocycles. The quantitative estimate of drug-likeness (QED) is 0.622. The molecular weight excluding hydrogens is 394 g/mol. The van der Waals surface area contributed by atoms with Crippen LogP contribution >= 0.6 is 11.8 Å². The number of hydrogen-bond donors (Lipinski definition) is 0. The number of anilines is 2. The van der Waals surface area contributed by atoms with Crippen molar-refractivity contribution < 1.29 is 9.53 Å². The fourth-order valence-corrected chi connectivity index (χ4v) is 5.40. The molecule has 6 heteroatoms. The van der Waals surface area contributed by atoms with Crippen LogP contribution in [0.1, 0.15) is 13.8 Å². The maximum absolute atomic E-state index is 10.9. The van der Waals surface area contributed by atoms with Crippen molar-refractivity contribution in [3.05, 3.63) is 48.5 Å². The minimum atomic E-state index is -0.193. The number of hydrogen-bond acceptors (Lipinski definition) is 6. The van der Waals surface area contributed by atoms with Crippen molar-refractivity contribution in [3.63, 3.8) is 0 Å². The summed E-state index contributed by atoms with van der Waals surface area (Å²) in [5, 5.41) is 0. The van der Waals surface area contributed by atoms with Crippen molar-refractivity contribution in [3.8, 4) is 0 Å². The molecule has 2 aromatic rings. The van der Waals surface area contributed by atoms with Crippen LogP contribution < -0.4 is 4.90 Å². The predicted molar refractivity (Wildman–Crippen MR) is 123 cm³/mol. The molecule has 5 nitrogen and oxygen atoms in total. The Labute approximate surface area is 184 Å². The van der Waals surface area contributed by atoms with Crippen LogP contribution in [0, 0.1) is 5.92 Å². The Morgan fingerprint density at radius 1 is 0.933 bits per heavy atom. The third-order valence-electron chi connectivity index (χ3n) is 5.77. The highest BCUT2D eigenvalue weighted by Gasteiger charge is 2.25. The molecule has 0 N–H and O–H groups in total. The van der Waals surface area contributed by atoms with Gasteiger partial charge < -0.3 is 14.5 Å². The van der Waals surface area contributed by atoms with Crippen molar-refractivity contribution in [2.45, 2.75) is 23.6 Å². The second kappa shape index (κ2) is 9.86.